The number of aromatic hydroxyl groups is 1. The molecule has 0 saturated heterocycles. The molecule has 0 bridgehead atoms. The Labute approximate surface area is 105 Å². The summed E-state index contributed by atoms with van der Waals surface area (Å²) in [5.74, 6) is -0.169. The molecule has 0 fully saturated rings. The van der Waals surface area contributed by atoms with E-state index in [0.29, 0.717) is 11.3 Å². The lowest BCUT2D eigenvalue weighted by Gasteiger charge is -1.99. The van der Waals surface area contributed by atoms with E-state index in [1.807, 2.05) is 6.07 Å². The Balaban J connectivity index is 2.00. The maximum absolute atomic E-state index is 11.7. The van der Waals surface area contributed by atoms with Crippen molar-refractivity contribution in [2.24, 2.45) is 4.99 Å². The number of para-hydroxylation sites is 2. The number of benzene rings is 2. The van der Waals surface area contributed by atoms with Crippen LogP contribution in [0.15, 0.2) is 59.6 Å². The maximum Gasteiger partial charge on any atom is 0.256 e. The van der Waals surface area contributed by atoms with Gasteiger partial charge < -0.3 is 10.4 Å². The van der Waals surface area contributed by atoms with E-state index < -0.39 is 0 Å². The van der Waals surface area contributed by atoms with Gasteiger partial charge >= 0.3 is 0 Å². The molecule has 0 unspecified atom stereocenters. The third kappa shape index (κ3) is 2.95. The van der Waals surface area contributed by atoms with Crippen LogP contribution in [0.25, 0.3) is 0 Å². The summed E-state index contributed by atoms with van der Waals surface area (Å²) in [6.45, 7) is 0. The summed E-state index contributed by atoms with van der Waals surface area (Å²) in [6, 6.07) is 15.5. The van der Waals surface area contributed by atoms with Crippen molar-refractivity contribution in [1.82, 2.24) is 5.32 Å². The minimum Gasteiger partial charge on any atom is -0.506 e. The topological polar surface area (TPSA) is 61.7 Å². The molecule has 0 aliphatic carbocycles. The molecule has 0 aromatic heterocycles. The summed E-state index contributed by atoms with van der Waals surface area (Å²) in [4.78, 5) is 15.6. The van der Waals surface area contributed by atoms with Gasteiger partial charge in [-0.15, -0.1) is 0 Å². The van der Waals surface area contributed by atoms with Gasteiger partial charge in [0.25, 0.3) is 5.91 Å². The Morgan fingerprint density at radius 1 is 1.06 bits per heavy atom. The molecule has 2 aromatic rings. The third-order valence-electron chi connectivity index (χ3n) is 2.32. The quantitative estimate of drug-likeness (QED) is 0.639. The second kappa shape index (κ2) is 5.63. The Kier molecular flexibility index (Phi) is 3.71. The zero-order valence-corrected chi connectivity index (χ0v) is 9.58. The fourth-order valence-electron chi connectivity index (χ4n) is 1.41. The van der Waals surface area contributed by atoms with Crippen LogP contribution in [0.1, 0.15) is 10.4 Å². The SMILES string of the molecule is O=C(NC=Nc1ccccc1O)c1ccccc1. The lowest BCUT2D eigenvalue weighted by Crippen LogP contribution is -2.21. The molecule has 2 rings (SSSR count). The van der Waals surface area contributed by atoms with E-state index >= 15 is 0 Å². The summed E-state index contributed by atoms with van der Waals surface area (Å²) in [5.41, 5.74) is 0.965. The average molecular weight is 240 g/mol. The number of phenols is 1. The molecule has 0 radical (unpaired) electrons. The molecule has 1 amide bonds. The van der Waals surface area contributed by atoms with Crippen molar-refractivity contribution in [2.45, 2.75) is 0 Å². The van der Waals surface area contributed by atoms with Gasteiger partial charge in [-0.2, -0.15) is 0 Å². The summed E-state index contributed by atoms with van der Waals surface area (Å²) >= 11 is 0. The van der Waals surface area contributed by atoms with Crippen LogP contribution in [0.3, 0.4) is 0 Å². The van der Waals surface area contributed by atoms with Crippen LogP contribution in [0.5, 0.6) is 5.75 Å². The number of phenolic OH excluding ortho intramolecular Hbond substituents is 1. The van der Waals surface area contributed by atoms with Crippen LogP contribution < -0.4 is 5.32 Å². The molecule has 90 valence electrons. The second-order valence-corrected chi connectivity index (χ2v) is 3.59. The van der Waals surface area contributed by atoms with E-state index in [1.165, 1.54) is 12.4 Å². The summed E-state index contributed by atoms with van der Waals surface area (Å²) in [6.07, 6.45) is 1.27. The zero-order chi connectivity index (χ0) is 12.8. The average Bonchev–Trinajstić information content (AvgIpc) is 2.42. The smallest absolute Gasteiger partial charge is 0.256 e. The van der Waals surface area contributed by atoms with Crippen molar-refractivity contribution in [1.29, 1.82) is 0 Å². The van der Waals surface area contributed by atoms with Crippen LogP contribution in [0.2, 0.25) is 0 Å². The molecular formula is C14H12N2O2. The number of nitrogens with one attached hydrogen (secondary N) is 1. The van der Waals surface area contributed by atoms with Gasteiger partial charge in [0.1, 0.15) is 11.4 Å². The lowest BCUT2D eigenvalue weighted by molar-refractivity contribution is 0.0978. The number of carbonyl (C=O) groups excluding carboxylic acids is 1. The van der Waals surface area contributed by atoms with Gasteiger partial charge in [-0.25, -0.2) is 4.99 Å². The fourth-order valence-corrected chi connectivity index (χ4v) is 1.41. The van der Waals surface area contributed by atoms with Gasteiger partial charge in [-0.3, -0.25) is 4.79 Å². The van der Waals surface area contributed by atoms with Crippen molar-refractivity contribution in [3.8, 4) is 5.75 Å². The minimum atomic E-state index is -0.241. The largest absolute Gasteiger partial charge is 0.506 e. The highest BCUT2D eigenvalue weighted by molar-refractivity contribution is 6.00. The first-order chi connectivity index (χ1) is 8.77. The van der Waals surface area contributed by atoms with Gasteiger partial charge in [-0.1, -0.05) is 30.3 Å². The highest BCUT2D eigenvalue weighted by Crippen LogP contribution is 2.23. The van der Waals surface area contributed by atoms with Gasteiger partial charge in [0, 0.05) is 5.56 Å². The number of aliphatic imine (C=N–C) groups is 1. The second-order valence-electron chi connectivity index (χ2n) is 3.59. The van der Waals surface area contributed by atoms with Gasteiger partial charge in [0.2, 0.25) is 0 Å². The van der Waals surface area contributed by atoms with Crippen LogP contribution >= 0.6 is 0 Å². The lowest BCUT2D eigenvalue weighted by atomic mass is 10.2. The first-order valence-corrected chi connectivity index (χ1v) is 5.44. The minimum absolute atomic E-state index is 0.0720. The van der Waals surface area contributed by atoms with E-state index in [-0.39, 0.29) is 11.7 Å². The molecule has 0 spiro atoms. The van der Waals surface area contributed by atoms with Crippen LogP contribution in [-0.4, -0.2) is 17.4 Å². The Morgan fingerprint density at radius 2 is 1.72 bits per heavy atom. The van der Waals surface area contributed by atoms with E-state index in [9.17, 15) is 9.90 Å². The molecular weight excluding hydrogens is 228 g/mol. The molecule has 0 heterocycles. The summed E-state index contributed by atoms with van der Waals surface area (Å²) in [7, 11) is 0. The first kappa shape index (κ1) is 11.9. The molecule has 0 saturated carbocycles. The third-order valence-corrected chi connectivity index (χ3v) is 2.32. The molecule has 0 aliphatic rings. The van der Waals surface area contributed by atoms with E-state index in [0.717, 1.165) is 0 Å². The van der Waals surface area contributed by atoms with Crippen molar-refractivity contribution < 1.29 is 9.90 Å². The van der Waals surface area contributed by atoms with Crippen LogP contribution in [-0.2, 0) is 0 Å². The summed E-state index contributed by atoms with van der Waals surface area (Å²) < 4.78 is 0. The van der Waals surface area contributed by atoms with E-state index in [2.05, 4.69) is 10.3 Å². The summed E-state index contributed by atoms with van der Waals surface area (Å²) in [5, 5.41) is 12.0. The number of nitrogens with zero attached hydrogens (tertiary/aromatic N) is 1. The first-order valence-electron chi connectivity index (χ1n) is 5.44. The number of amides is 1. The van der Waals surface area contributed by atoms with Crippen LogP contribution in [0.4, 0.5) is 5.69 Å². The van der Waals surface area contributed by atoms with Crippen molar-refractivity contribution in [3.63, 3.8) is 0 Å². The highest BCUT2D eigenvalue weighted by atomic mass is 16.3. The molecule has 0 aliphatic heterocycles. The van der Waals surface area contributed by atoms with Gasteiger partial charge in [0.15, 0.2) is 0 Å². The molecule has 18 heavy (non-hydrogen) atoms. The van der Waals surface area contributed by atoms with E-state index in [1.54, 1.807) is 42.5 Å². The Morgan fingerprint density at radius 3 is 2.44 bits per heavy atom. The molecule has 0 atom stereocenters. The Hall–Kier alpha value is -2.62. The normalized spacial score (nSPS) is 10.4. The standard InChI is InChI=1S/C14H12N2O2/c17-13-9-5-4-8-12(13)15-10-16-14(18)11-6-2-1-3-7-11/h1-10,17H,(H,15,16,18). The number of hydrogen-bond acceptors (Lipinski definition) is 3. The van der Waals surface area contributed by atoms with Crippen LogP contribution in [0, 0.1) is 0 Å². The van der Waals surface area contributed by atoms with E-state index in [4.69, 9.17) is 0 Å². The Bertz CT molecular complexity index is 565. The van der Waals surface area contributed by atoms with Crippen molar-refractivity contribution >= 4 is 17.9 Å². The van der Waals surface area contributed by atoms with Gasteiger partial charge in [-0.05, 0) is 24.3 Å². The predicted octanol–water partition coefficient (Wildman–Crippen LogP) is 2.48. The van der Waals surface area contributed by atoms with Crippen molar-refractivity contribution in [2.75, 3.05) is 0 Å². The monoisotopic (exact) mass is 240 g/mol. The fraction of sp³-hybridized carbons (Fsp3) is 0. The number of carbonyl (C=O) groups is 1. The van der Waals surface area contributed by atoms with Gasteiger partial charge in [0.05, 0.1) is 6.34 Å². The zero-order valence-electron chi connectivity index (χ0n) is 9.58. The molecule has 2 aromatic carbocycles. The molecule has 4 heteroatoms. The van der Waals surface area contributed by atoms with Crippen molar-refractivity contribution in [3.05, 3.63) is 60.2 Å². The molecule has 4 nitrogen and oxygen atoms in total. The number of rotatable bonds is 3. The predicted molar refractivity (Wildman–Crippen MR) is 70.2 cm³/mol. The number of hydrogen-bond donors (Lipinski definition) is 2. The molecule has 2 N–H and O–H groups in total. The maximum atomic E-state index is 11.7. The highest BCUT2D eigenvalue weighted by Gasteiger charge is 2.01.